The third kappa shape index (κ3) is 2.39. The molecule has 0 aliphatic carbocycles. The number of hydrogen-bond donors (Lipinski definition) is 0. The number of nitrogens with zero attached hydrogens (tertiary/aromatic N) is 1. The smallest absolute Gasteiger partial charge is 0.486 e. The Hall–Kier alpha value is -1.99. The van der Waals surface area contributed by atoms with Crippen LogP contribution in [-0.2, 0) is 9.31 Å². The minimum absolute atomic E-state index is 0.404. The van der Waals surface area contributed by atoms with Crippen LogP contribution in [-0.4, -0.2) is 36.7 Å². The van der Waals surface area contributed by atoms with Crippen molar-refractivity contribution >= 4 is 12.6 Å². The Morgan fingerprint density at radius 3 is 2.38 bits per heavy atom. The van der Waals surface area contributed by atoms with Gasteiger partial charge in [-0.2, -0.15) is 0 Å². The van der Waals surface area contributed by atoms with E-state index in [4.69, 9.17) is 23.3 Å². The molecule has 0 spiro atoms. The monoisotopic (exact) mass is 329 g/mol. The summed E-state index contributed by atoms with van der Waals surface area (Å²) in [5.74, 6) is 1.35. The third-order valence-corrected chi connectivity index (χ3v) is 4.90. The van der Waals surface area contributed by atoms with Gasteiger partial charge in [-0.1, -0.05) is 5.16 Å². The van der Waals surface area contributed by atoms with Crippen molar-refractivity contribution in [2.24, 2.45) is 0 Å². The fraction of sp³-hybridized carbons (Fsp3) is 0.471. The van der Waals surface area contributed by atoms with Crippen molar-refractivity contribution in [2.45, 2.75) is 38.9 Å². The molecule has 24 heavy (non-hydrogen) atoms. The SMILES string of the molecule is CC1(C)OB(c2cc3c(c(-c4ccon4)c2)OCCO3)OC1(C)C. The molecule has 0 bridgehead atoms. The van der Waals surface area contributed by atoms with Crippen molar-refractivity contribution < 1.29 is 23.3 Å². The van der Waals surface area contributed by atoms with Crippen LogP contribution in [0.25, 0.3) is 11.3 Å². The van der Waals surface area contributed by atoms with E-state index in [1.165, 1.54) is 6.26 Å². The van der Waals surface area contributed by atoms with E-state index >= 15 is 0 Å². The molecular weight excluding hydrogens is 309 g/mol. The summed E-state index contributed by atoms with van der Waals surface area (Å²) in [5.41, 5.74) is 1.56. The van der Waals surface area contributed by atoms with Gasteiger partial charge in [-0.15, -0.1) is 0 Å². The maximum atomic E-state index is 6.15. The molecule has 126 valence electrons. The van der Waals surface area contributed by atoms with Crippen LogP contribution in [0.1, 0.15) is 27.7 Å². The first kappa shape index (κ1) is 15.5. The molecule has 1 fully saturated rings. The van der Waals surface area contributed by atoms with Gasteiger partial charge in [0.15, 0.2) is 11.5 Å². The Morgan fingerprint density at radius 1 is 1.00 bits per heavy atom. The zero-order valence-corrected chi connectivity index (χ0v) is 14.3. The Labute approximate surface area is 141 Å². The highest BCUT2D eigenvalue weighted by molar-refractivity contribution is 6.62. The summed E-state index contributed by atoms with van der Waals surface area (Å²) in [6.07, 6.45) is 1.53. The summed E-state index contributed by atoms with van der Waals surface area (Å²) in [6, 6.07) is 5.68. The van der Waals surface area contributed by atoms with Crippen LogP contribution in [0, 0.1) is 0 Å². The molecular formula is C17H20BNO5. The Kier molecular flexibility index (Phi) is 3.40. The number of ether oxygens (including phenoxy) is 2. The highest BCUT2D eigenvalue weighted by atomic mass is 16.7. The van der Waals surface area contributed by atoms with E-state index in [-0.39, 0.29) is 0 Å². The van der Waals surface area contributed by atoms with Crippen LogP contribution in [0.3, 0.4) is 0 Å². The maximum absolute atomic E-state index is 6.15. The van der Waals surface area contributed by atoms with Crippen LogP contribution in [0.5, 0.6) is 11.5 Å². The Morgan fingerprint density at radius 2 is 1.71 bits per heavy atom. The van der Waals surface area contributed by atoms with Crippen molar-refractivity contribution in [3.05, 3.63) is 24.5 Å². The molecule has 2 aliphatic heterocycles. The van der Waals surface area contributed by atoms with Crippen LogP contribution in [0.2, 0.25) is 0 Å². The molecule has 0 saturated carbocycles. The van der Waals surface area contributed by atoms with Crippen LogP contribution in [0.4, 0.5) is 0 Å². The summed E-state index contributed by atoms with van der Waals surface area (Å²) in [6.45, 7) is 9.14. The molecule has 3 heterocycles. The molecule has 0 radical (unpaired) electrons. The first-order valence-corrected chi connectivity index (χ1v) is 8.07. The molecule has 0 atom stereocenters. The van der Waals surface area contributed by atoms with Gasteiger partial charge in [0, 0.05) is 11.6 Å². The number of fused-ring (bicyclic) bond motifs is 1. The van der Waals surface area contributed by atoms with Crippen LogP contribution < -0.4 is 14.9 Å². The van der Waals surface area contributed by atoms with Gasteiger partial charge in [0.25, 0.3) is 0 Å². The van der Waals surface area contributed by atoms with Gasteiger partial charge >= 0.3 is 7.12 Å². The summed E-state index contributed by atoms with van der Waals surface area (Å²) in [7, 11) is -0.475. The summed E-state index contributed by atoms with van der Waals surface area (Å²) >= 11 is 0. The molecule has 0 unspecified atom stereocenters. The molecule has 1 aromatic carbocycles. The molecule has 2 aliphatic rings. The van der Waals surface area contributed by atoms with Gasteiger partial charge in [-0.3, -0.25) is 0 Å². The second-order valence-corrected chi connectivity index (χ2v) is 7.07. The van der Waals surface area contributed by atoms with E-state index in [1.807, 2.05) is 39.8 Å². The average Bonchev–Trinajstić information content (AvgIpc) is 3.13. The van der Waals surface area contributed by atoms with E-state index in [9.17, 15) is 0 Å². The number of benzene rings is 1. The van der Waals surface area contributed by atoms with Crippen molar-refractivity contribution in [1.82, 2.24) is 5.16 Å². The third-order valence-electron chi connectivity index (χ3n) is 4.90. The molecule has 6 nitrogen and oxygen atoms in total. The van der Waals surface area contributed by atoms with Gasteiger partial charge < -0.3 is 23.3 Å². The molecule has 7 heteroatoms. The average molecular weight is 329 g/mol. The number of aromatic nitrogens is 1. The van der Waals surface area contributed by atoms with E-state index in [0.29, 0.717) is 30.4 Å². The molecule has 1 aromatic heterocycles. The van der Waals surface area contributed by atoms with Crippen molar-refractivity contribution in [1.29, 1.82) is 0 Å². The highest BCUT2D eigenvalue weighted by Gasteiger charge is 2.52. The molecule has 1 saturated heterocycles. The van der Waals surface area contributed by atoms with E-state index in [0.717, 1.165) is 11.0 Å². The van der Waals surface area contributed by atoms with E-state index in [2.05, 4.69) is 5.16 Å². The van der Waals surface area contributed by atoms with E-state index < -0.39 is 18.3 Å². The fourth-order valence-corrected chi connectivity index (χ4v) is 2.83. The van der Waals surface area contributed by atoms with Crippen LogP contribution >= 0.6 is 0 Å². The Bertz CT molecular complexity index is 741. The normalized spacial score (nSPS) is 21.1. The molecule has 4 rings (SSSR count). The van der Waals surface area contributed by atoms with E-state index in [1.54, 1.807) is 6.07 Å². The topological polar surface area (TPSA) is 63.0 Å². The summed E-state index contributed by atoms with van der Waals surface area (Å²) < 4.78 is 28.8. The van der Waals surface area contributed by atoms with Gasteiger partial charge in [0.1, 0.15) is 25.2 Å². The standard InChI is InChI=1S/C17H20BNO5/c1-16(2)17(3,4)24-18(23-16)11-9-12(13-5-6-22-19-13)15-14(10-11)20-7-8-21-15/h5-6,9-10H,7-8H2,1-4H3. The quantitative estimate of drug-likeness (QED) is 0.789. The van der Waals surface area contributed by atoms with Crippen molar-refractivity contribution in [3.8, 4) is 22.8 Å². The fourth-order valence-electron chi connectivity index (χ4n) is 2.83. The maximum Gasteiger partial charge on any atom is 0.494 e. The predicted octanol–water partition coefficient (Wildman–Crippen LogP) is 2.41. The van der Waals surface area contributed by atoms with Gasteiger partial charge in [-0.05, 0) is 45.3 Å². The highest BCUT2D eigenvalue weighted by Crippen LogP contribution is 2.41. The zero-order valence-electron chi connectivity index (χ0n) is 14.3. The lowest BCUT2D eigenvalue weighted by Gasteiger charge is -2.32. The minimum Gasteiger partial charge on any atom is -0.486 e. The Balaban J connectivity index is 1.79. The van der Waals surface area contributed by atoms with Crippen molar-refractivity contribution in [3.63, 3.8) is 0 Å². The first-order chi connectivity index (χ1) is 11.4. The molecule has 2 aromatic rings. The second-order valence-electron chi connectivity index (χ2n) is 7.07. The van der Waals surface area contributed by atoms with Gasteiger partial charge in [0.05, 0.1) is 11.2 Å². The first-order valence-electron chi connectivity index (χ1n) is 8.07. The molecule has 0 N–H and O–H groups in total. The summed E-state index contributed by atoms with van der Waals surface area (Å²) in [5, 5.41) is 4.03. The molecule has 0 amide bonds. The lowest BCUT2D eigenvalue weighted by Crippen LogP contribution is -2.41. The predicted molar refractivity (Wildman–Crippen MR) is 88.6 cm³/mol. The lowest BCUT2D eigenvalue weighted by molar-refractivity contribution is 0.00578. The number of hydrogen-bond acceptors (Lipinski definition) is 6. The minimum atomic E-state index is -0.475. The second kappa shape index (κ2) is 5.26. The lowest BCUT2D eigenvalue weighted by atomic mass is 9.77. The zero-order chi connectivity index (χ0) is 16.9. The largest absolute Gasteiger partial charge is 0.494 e. The van der Waals surface area contributed by atoms with Crippen molar-refractivity contribution in [2.75, 3.05) is 13.2 Å². The van der Waals surface area contributed by atoms with Gasteiger partial charge in [0.2, 0.25) is 0 Å². The van der Waals surface area contributed by atoms with Crippen LogP contribution in [0.15, 0.2) is 29.0 Å². The summed E-state index contributed by atoms with van der Waals surface area (Å²) in [4.78, 5) is 0. The number of rotatable bonds is 2. The van der Waals surface area contributed by atoms with Gasteiger partial charge in [-0.25, -0.2) is 0 Å².